The zero-order chi connectivity index (χ0) is 27.5. The van der Waals surface area contributed by atoms with Gasteiger partial charge >= 0.3 is 0 Å². The number of hydrogen-bond donors (Lipinski definition) is 5. The van der Waals surface area contributed by atoms with E-state index in [4.69, 9.17) is 11.5 Å². The minimum absolute atomic E-state index is 0.186. The summed E-state index contributed by atoms with van der Waals surface area (Å²) in [5.74, 6) is -2.36. The second-order valence-electron chi connectivity index (χ2n) is 10.3. The van der Waals surface area contributed by atoms with Crippen molar-refractivity contribution < 1.29 is 29.4 Å². The van der Waals surface area contributed by atoms with Crippen molar-refractivity contribution in [2.45, 2.75) is 88.7 Å². The van der Waals surface area contributed by atoms with Gasteiger partial charge in [-0.15, -0.1) is 0 Å². The van der Waals surface area contributed by atoms with Crippen LogP contribution in [0.25, 0.3) is 0 Å². The molecule has 2 aliphatic rings. The van der Waals surface area contributed by atoms with Gasteiger partial charge in [0.05, 0.1) is 12.2 Å². The predicted octanol–water partition coefficient (Wildman–Crippen LogP) is -1.05. The van der Waals surface area contributed by atoms with Gasteiger partial charge in [0, 0.05) is 19.5 Å². The van der Waals surface area contributed by atoms with Crippen LogP contribution in [-0.2, 0) is 25.6 Å². The molecule has 1 aromatic rings. The van der Waals surface area contributed by atoms with Crippen LogP contribution in [0.1, 0.15) is 50.7 Å². The number of rotatable bonds is 9. The van der Waals surface area contributed by atoms with E-state index in [0.29, 0.717) is 32.2 Å². The summed E-state index contributed by atoms with van der Waals surface area (Å²) < 4.78 is 0. The summed E-state index contributed by atoms with van der Waals surface area (Å²) in [5.41, 5.74) is 11.8. The lowest BCUT2D eigenvalue weighted by Crippen LogP contribution is -2.65. The summed E-state index contributed by atoms with van der Waals surface area (Å²) in [6.07, 6.45) is -0.253. The molecule has 2 heterocycles. The Kier molecular flexibility index (Phi) is 8.93. The lowest BCUT2D eigenvalue weighted by molar-refractivity contribution is -0.152. The smallest absolute Gasteiger partial charge is 0.247 e. The largest absolute Gasteiger partial charge is 0.391 e. The number of carbonyl (C=O) groups excluding carboxylic acids is 4. The normalized spacial score (nSPS) is 24.9. The molecule has 1 aromatic carbocycles. The van der Waals surface area contributed by atoms with Crippen molar-refractivity contribution in [1.82, 2.24) is 15.1 Å². The Morgan fingerprint density at radius 2 is 1.84 bits per heavy atom. The summed E-state index contributed by atoms with van der Waals surface area (Å²) >= 11 is 0. The quantitative estimate of drug-likeness (QED) is 0.277. The molecule has 2 aliphatic heterocycles. The van der Waals surface area contributed by atoms with Crippen LogP contribution in [0, 0.1) is 6.92 Å². The summed E-state index contributed by atoms with van der Waals surface area (Å²) in [6.45, 7) is 5.32. The number of amides is 4. The Morgan fingerprint density at radius 3 is 2.43 bits per heavy atom. The molecular weight excluding hydrogens is 478 g/mol. The van der Waals surface area contributed by atoms with Crippen molar-refractivity contribution >= 4 is 23.6 Å². The zero-order valence-electron chi connectivity index (χ0n) is 21.7. The first-order valence-corrected chi connectivity index (χ1v) is 12.8. The minimum atomic E-state index is -1.35. The fraction of sp³-hybridized carbons (Fsp3) is 0.615. The number of aliphatic hydroxyl groups is 2. The predicted molar refractivity (Wildman–Crippen MR) is 136 cm³/mol. The van der Waals surface area contributed by atoms with Crippen LogP contribution in [0.2, 0.25) is 0 Å². The molecule has 0 spiro atoms. The van der Waals surface area contributed by atoms with E-state index in [1.807, 2.05) is 31.2 Å². The van der Waals surface area contributed by atoms with Gasteiger partial charge in [-0.2, -0.15) is 0 Å². The highest BCUT2D eigenvalue weighted by Gasteiger charge is 2.53. The van der Waals surface area contributed by atoms with Crippen LogP contribution in [0.15, 0.2) is 24.3 Å². The average Bonchev–Trinajstić information content (AvgIpc) is 3.48. The van der Waals surface area contributed by atoms with Gasteiger partial charge in [-0.3, -0.25) is 19.2 Å². The van der Waals surface area contributed by atoms with Gasteiger partial charge in [0.15, 0.2) is 0 Å². The third kappa shape index (κ3) is 5.94. The van der Waals surface area contributed by atoms with Crippen molar-refractivity contribution in [3.63, 3.8) is 0 Å². The van der Waals surface area contributed by atoms with Crippen molar-refractivity contribution in [3.8, 4) is 0 Å². The zero-order valence-corrected chi connectivity index (χ0v) is 21.7. The molecule has 6 atom stereocenters. The molecule has 11 nitrogen and oxygen atoms in total. The number of aryl methyl sites for hydroxylation is 1. The van der Waals surface area contributed by atoms with E-state index in [1.54, 1.807) is 0 Å². The van der Waals surface area contributed by atoms with E-state index < -0.39 is 53.6 Å². The number of likely N-dealkylation sites (tertiary alicyclic amines) is 2. The molecule has 2 saturated heterocycles. The molecule has 0 saturated carbocycles. The molecule has 0 bridgehead atoms. The number of nitrogens with two attached hydrogens (primary N) is 2. The third-order valence-electron chi connectivity index (χ3n) is 7.46. The maximum Gasteiger partial charge on any atom is 0.247 e. The van der Waals surface area contributed by atoms with Gasteiger partial charge in [-0.05, 0) is 52.0 Å². The van der Waals surface area contributed by atoms with Gasteiger partial charge in [0.25, 0.3) is 0 Å². The monoisotopic (exact) mass is 517 g/mol. The molecule has 204 valence electrons. The average molecular weight is 518 g/mol. The van der Waals surface area contributed by atoms with E-state index >= 15 is 0 Å². The van der Waals surface area contributed by atoms with E-state index in [1.165, 1.54) is 23.6 Å². The second-order valence-corrected chi connectivity index (χ2v) is 10.3. The maximum atomic E-state index is 14.0. The van der Waals surface area contributed by atoms with Gasteiger partial charge in [0.1, 0.15) is 23.7 Å². The first-order chi connectivity index (χ1) is 17.4. The topological polar surface area (TPSA) is 179 Å². The van der Waals surface area contributed by atoms with E-state index in [0.717, 1.165) is 11.1 Å². The molecular formula is C26H39N5O6. The van der Waals surface area contributed by atoms with Crippen molar-refractivity contribution in [2.75, 3.05) is 13.1 Å². The molecule has 2 fully saturated rings. The van der Waals surface area contributed by atoms with Crippen molar-refractivity contribution in [1.29, 1.82) is 0 Å². The summed E-state index contributed by atoms with van der Waals surface area (Å²) in [7, 11) is 0. The Hall–Kier alpha value is -3.02. The third-order valence-corrected chi connectivity index (χ3v) is 7.46. The van der Waals surface area contributed by atoms with Crippen LogP contribution in [0.4, 0.5) is 0 Å². The Balaban J connectivity index is 1.98. The number of aliphatic hydroxyl groups excluding tert-OH is 2. The molecule has 3 rings (SSSR count). The van der Waals surface area contributed by atoms with Gasteiger partial charge in [-0.1, -0.05) is 29.8 Å². The number of hydrogen-bond acceptors (Lipinski definition) is 7. The van der Waals surface area contributed by atoms with Crippen LogP contribution < -0.4 is 16.8 Å². The van der Waals surface area contributed by atoms with Crippen molar-refractivity contribution in [2.24, 2.45) is 11.5 Å². The standard InChI is InChI=1S/C26H39N5O6/c1-15-7-4-8-18(13-15)14-26(25(37)29-21(17(3)33)22(28)34)10-6-12-31(26)23(35)19-9-5-11-30(19)24(36)20(27)16(2)32/h4,7-8,13,16-17,19-21,32-33H,5-6,9-12,14,27H2,1-3H3,(H2,28,34)(H,29,37)/t16-,17-,19?,20+,21+,26?/m1/s1. The van der Waals surface area contributed by atoms with Gasteiger partial charge in [0.2, 0.25) is 23.6 Å². The fourth-order valence-electron chi connectivity index (χ4n) is 5.43. The second kappa shape index (κ2) is 11.6. The lowest BCUT2D eigenvalue weighted by Gasteiger charge is -2.41. The molecule has 11 heteroatoms. The number of primary amides is 1. The first-order valence-electron chi connectivity index (χ1n) is 12.8. The molecule has 2 unspecified atom stereocenters. The van der Waals surface area contributed by atoms with Crippen LogP contribution in [0.3, 0.4) is 0 Å². The van der Waals surface area contributed by atoms with E-state index in [-0.39, 0.29) is 18.9 Å². The summed E-state index contributed by atoms with van der Waals surface area (Å²) in [4.78, 5) is 55.7. The van der Waals surface area contributed by atoms with Crippen LogP contribution in [0.5, 0.6) is 0 Å². The molecule has 0 radical (unpaired) electrons. The molecule has 4 amide bonds. The minimum Gasteiger partial charge on any atom is -0.391 e. The number of nitrogens with one attached hydrogen (secondary N) is 1. The molecule has 37 heavy (non-hydrogen) atoms. The Morgan fingerprint density at radius 1 is 1.14 bits per heavy atom. The van der Waals surface area contributed by atoms with E-state index in [9.17, 15) is 29.4 Å². The Bertz CT molecular complexity index is 1030. The molecule has 0 aromatic heterocycles. The fourth-order valence-corrected chi connectivity index (χ4v) is 5.43. The van der Waals surface area contributed by atoms with E-state index in [2.05, 4.69) is 5.32 Å². The highest BCUT2D eigenvalue weighted by Crippen LogP contribution is 2.36. The SMILES string of the molecule is Cc1cccc(CC2(C(=O)N[C@H](C(N)=O)[C@@H](C)O)CCCN2C(=O)C2CCCN2C(=O)[C@@H](N)[C@@H](C)O)c1. The number of benzene rings is 1. The number of carbonyl (C=O) groups is 4. The van der Waals surface area contributed by atoms with Gasteiger partial charge in [-0.25, -0.2) is 0 Å². The highest BCUT2D eigenvalue weighted by atomic mass is 16.3. The van der Waals surface area contributed by atoms with Crippen LogP contribution in [-0.4, -0.2) is 92.6 Å². The lowest BCUT2D eigenvalue weighted by atomic mass is 9.85. The highest BCUT2D eigenvalue weighted by molar-refractivity contribution is 5.98. The number of nitrogens with zero attached hydrogens (tertiary/aromatic N) is 2. The first kappa shape index (κ1) is 28.5. The molecule has 0 aliphatic carbocycles. The summed E-state index contributed by atoms with van der Waals surface area (Å²) in [5, 5.41) is 22.5. The van der Waals surface area contributed by atoms with Crippen molar-refractivity contribution in [3.05, 3.63) is 35.4 Å². The summed E-state index contributed by atoms with van der Waals surface area (Å²) in [6, 6.07) is 4.30. The van der Waals surface area contributed by atoms with Gasteiger partial charge < -0.3 is 36.8 Å². The Labute approximate surface area is 217 Å². The van der Waals surface area contributed by atoms with Crippen LogP contribution >= 0.6 is 0 Å². The molecule has 7 N–H and O–H groups in total. The maximum absolute atomic E-state index is 14.0.